The number of halogens is 2. The highest BCUT2D eigenvalue weighted by Crippen LogP contribution is 2.41. The zero-order valence-corrected chi connectivity index (χ0v) is 12.8. The fourth-order valence-electron chi connectivity index (χ4n) is 1.98. The van der Waals surface area contributed by atoms with E-state index in [9.17, 15) is 4.79 Å². The minimum Gasteiger partial charge on any atom is -0.454 e. The van der Waals surface area contributed by atoms with Crippen molar-refractivity contribution in [2.45, 2.75) is 13.3 Å². The van der Waals surface area contributed by atoms with Gasteiger partial charge in [0, 0.05) is 5.56 Å². The molecule has 1 N–H and O–H groups in total. The molecule has 20 heavy (non-hydrogen) atoms. The molecule has 0 aliphatic carbocycles. The number of rotatable bonds is 2. The second-order valence-electron chi connectivity index (χ2n) is 4.22. The molecule has 2 heterocycles. The van der Waals surface area contributed by atoms with Gasteiger partial charge in [-0.15, -0.1) is 0 Å². The van der Waals surface area contributed by atoms with Crippen molar-refractivity contribution in [1.82, 2.24) is 9.97 Å². The van der Waals surface area contributed by atoms with E-state index >= 15 is 0 Å². The summed E-state index contributed by atoms with van der Waals surface area (Å²) in [4.78, 5) is 19.0. The number of ether oxygens (including phenoxy) is 2. The maximum atomic E-state index is 11.9. The van der Waals surface area contributed by atoms with Crippen molar-refractivity contribution in [3.8, 4) is 22.9 Å². The quantitative estimate of drug-likeness (QED) is 0.897. The Morgan fingerprint density at radius 1 is 1.45 bits per heavy atom. The number of nitrogens with zero attached hydrogens (tertiary/aromatic N) is 1. The fourth-order valence-corrected chi connectivity index (χ4v) is 2.71. The number of hydrogen-bond donors (Lipinski definition) is 1. The molecular formula is C13H10BrClN2O3. The van der Waals surface area contributed by atoms with E-state index in [1.54, 1.807) is 12.1 Å². The van der Waals surface area contributed by atoms with Crippen LogP contribution in [0, 0.1) is 0 Å². The van der Waals surface area contributed by atoms with Crippen LogP contribution in [-0.4, -0.2) is 16.8 Å². The molecule has 104 valence electrons. The molecule has 0 fully saturated rings. The molecule has 0 saturated carbocycles. The summed E-state index contributed by atoms with van der Waals surface area (Å²) in [6.45, 7) is 2.08. The summed E-state index contributed by atoms with van der Waals surface area (Å²) in [5, 5.41) is 0.429. The van der Waals surface area contributed by atoms with Gasteiger partial charge in [-0.1, -0.05) is 18.5 Å². The number of aromatic amines is 1. The molecule has 0 spiro atoms. The van der Waals surface area contributed by atoms with E-state index in [4.69, 9.17) is 21.1 Å². The number of hydrogen-bond acceptors (Lipinski definition) is 4. The van der Waals surface area contributed by atoms with Gasteiger partial charge in [0.25, 0.3) is 5.56 Å². The summed E-state index contributed by atoms with van der Waals surface area (Å²) in [5.41, 5.74) is 1.15. The molecule has 0 amide bonds. The van der Waals surface area contributed by atoms with Gasteiger partial charge in [0.15, 0.2) is 11.5 Å². The van der Waals surface area contributed by atoms with E-state index in [1.807, 2.05) is 6.92 Å². The lowest BCUT2D eigenvalue weighted by Crippen LogP contribution is -2.13. The zero-order chi connectivity index (χ0) is 14.3. The summed E-state index contributed by atoms with van der Waals surface area (Å²) >= 11 is 9.37. The van der Waals surface area contributed by atoms with E-state index < -0.39 is 0 Å². The Bertz CT molecular complexity index is 745. The van der Waals surface area contributed by atoms with Gasteiger partial charge >= 0.3 is 0 Å². The SMILES string of the molecule is CCc1nc(-c2cc(Cl)c3c(c2)OCO3)[nH]c(=O)c1Br. The Kier molecular flexibility index (Phi) is 3.43. The molecule has 0 bridgehead atoms. The summed E-state index contributed by atoms with van der Waals surface area (Å²) in [6.07, 6.45) is 0.649. The average Bonchev–Trinajstić information content (AvgIpc) is 2.90. The summed E-state index contributed by atoms with van der Waals surface area (Å²) in [6, 6.07) is 3.44. The molecular weight excluding hydrogens is 348 g/mol. The molecule has 7 heteroatoms. The number of benzene rings is 1. The molecule has 0 atom stereocenters. The number of fused-ring (bicyclic) bond motifs is 1. The summed E-state index contributed by atoms with van der Waals surface area (Å²) in [5.74, 6) is 1.52. The van der Waals surface area contributed by atoms with E-state index in [2.05, 4.69) is 25.9 Å². The lowest BCUT2D eigenvalue weighted by atomic mass is 10.2. The Hall–Kier alpha value is -1.53. The third-order valence-corrected chi connectivity index (χ3v) is 4.07. The highest BCUT2D eigenvalue weighted by atomic mass is 79.9. The van der Waals surface area contributed by atoms with Crippen LogP contribution in [0.25, 0.3) is 11.4 Å². The molecule has 1 aromatic heterocycles. The maximum absolute atomic E-state index is 11.9. The minimum atomic E-state index is -0.222. The van der Waals surface area contributed by atoms with Crippen LogP contribution in [0.4, 0.5) is 0 Å². The topological polar surface area (TPSA) is 64.2 Å². The third-order valence-electron chi connectivity index (χ3n) is 2.97. The monoisotopic (exact) mass is 356 g/mol. The number of aryl methyl sites for hydroxylation is 1. The van der Waals surface area contributed by atoms with Crippen molar-refractivity contribution in [2.24, 2.45) is 0 Å². The molecule has 2 aromatic rings. The number of nitrogens with one attached hydrogen (secondary N) is 1. The van der Waals surface area contributed by atoms with Crippen molar-refractivity contribution in [3.05, 3.63) is 37.7 Å². The highest BCUT2D eigenvalue weighted by Gasteiger charge is 2.20. The van der Waals surface area contributed by atoms with Crippen molar-refractivity contribution < 1.29 is 9.47 Å². The van der Waals surface area contributed by atoms with Gasteiger partial charge in [-0.3, -0.25) is 4.79 Å². The first kappa shape index (κ1) is 13.5. The number of H-pyrrole nitrogens is 1. The maximum Gasteiger partial charge on any atom is 0.265 e. The van der Waals surface area contributed by atoms with Crippen molar-refractivity contribution in [3.63, 3.8) is 0 Å². The lowest BCUT2D eigenvalue weighted by molar-refractivity contribution is 0.174. The zero-order valence-electron chi connectivity index (χ0n) is 10.5. The molecule has 3 rings (SSSR count). The van der Waals surface area contributed by atoms with Crippen molar-refractivity contribution >= 4 is 27.5 Å². The highest BCUT2D eigenvalue weighted by molar-refractivity contribution is 9.10. The first-order valence-electron chi connectivity index (χ1n) is 5.98. The van der Waals surface area contributed by atoms with Crippen molar-refractivity contribution in [1.29, 1.82) is 0 Å². The van der Waals surface area contributed by atoms with E-state index in [0.29, 0.717) is 44.5 Å². The molecule has 0 saturated heterocycles. The summed E-state index contributed by atoms with van der Waals surface area (Å²) in [7, 11) is 0. The average molecular weight is 358 g/mol. The fraction of sp³-hybridized carbons (Fsp3) is 0.231. The Labute approximate surface area is 128 Å². The van der Waals surface area contributed by atoms with Gasteiger partial charge in [0.1, 0.15) is 10.3 Å². The summed E-state index contributed by atoms with van der Waals surface area (Å²) < 4.78 is 11.0. The minimum absolute atomic E-state index is 0.142. The van der Waals surface area contributed by atoms with Crippen LogP contribution in [0.3, 0.4) is 0 Å². The second kappa shape index (κ2) is 5.10. The largest absolute Gasteiger partial charge is 0.454 e. The normalized spacial score (nSPS) is 12.8. The smallest absolute Gasteiger partial charge is 0.265 e. The third kappa shape index (κ3) is 2.19. The Morgan fingerprint density at radius 2 is 2.25 bits per heavy atom. The molecule has 1 aromatic carbocycles. The number of aromatic nitrogens is 2. The van der Waals surface area contributed by atoms with E-state index in [1.165, 1.54) is 0 Å². The van der Waals surface area contributed by atoms with E-state index in [-0.39, 0.29) is 12.4 Å². The Morgan fingerprint density at radius 3 is 3.00 bits per heavy atom. The van der Waals surface area contributed by atoms with Crippen LogP contribution >= 0.6 is 27.5 Å². The van der Waals surface area contributed by atoms with Crippen molar-refractivity contribution in [2.75, 3.05) is 6.79 Å². The van der Waals surface area contributed by atoms with Gasteiger partial charge in [0.2, 0.25) is 6.79 Å². The van der Waals surface area contributed by atoms with Crippen LogP contribution < -0.4 is 15.0 Å². The van der Waals surface area contributed by atoms with Crippen LogP contribution in [0.5, 0.6) is 11.5 Å². The molecule has 5 nitrogen and oxygen atoms in total. The molecule has 1 aliphatic heterocycles. The predicted octanol–water partition coefficient (Wildman–Crippen LogP) is 3.14. The van der Waals surface area contributed by atoms with Gasteiger partial charge < -0.3 is 14.5 Å². The standard InChI is InChI=1S/C13H10BrClN2O3/c1-2-8-10(14)13(18)17-12(16-8)6-3-7(15)11-9(4-6)19-5-20-11/h3-4H,2,5H2,1H3,(H,16,17,18). The van der Waals surface area contributed by atoms with Gasteiger partial charge in [-0.2, -0.15) is 0 Å². The lowest BCUT2D eigenvalue weighted by Gasteiger charge is -2.07. The van der Waals surface area contributed by atoms with Crippen LogP contribution in [0.1, 0.15) is 12.6 Å². The van der Waals surface area contributed by atoms with Gasteiger partial charge in [0.05, 0.1) is 10.7 Å². The van der Waals surface area contributed by atoms with Crippen LogP contribution in [0.2, 0.25) is 5.02 Å². The first-order chi connectivity index (χ1) is 9.60. The van der Waals surface area contributed by atoms with Gasteiger partial charge in [-0.25, -0.2) is 4.98 Å². The van der Waals surface area contributed by atoms with Gasteiger partial charge in [-0.05, 0) is 34.5 Å². The van der Waals surface area contributed by atoms with E-state index in [0.717, 1.165) is 0 Å². The second-order valence-corrected chi connectivity index (χ2v) is 5.42. The Balaban J connectivity index is 2.17. The predicted molar refractivity (Wildman–Crippen MR) is 78.5 cm³/mol. The van der Waals surface area contributed by atoms with Crippen LogP contribution in [0.15, 0.2) is 21.4 Å². The first-order valence-corrected chi connectivity index (χ1v) is 7.15. The molecule has 0 unspecified atom stereocenters. The molecule has 1 aliphatic rings. The van der Waals surface area contributed by atoms with Crippen LogP contribution in [-0.2, 0) is 6.42 Å². The molecule has 0 radical (unpaired) electrons.